The maximum Gasteiger partial charge on any atom is 0.416 e. The minimum atomic E-state index is -4.56. The number of alkyl halides is 3. The van der Waals surface area contributed by atoms with Crippen molar-refractivity contribution in [1.29, 1.82) is 0 Å². The van der Waals surface area contributed by atoms with Crippen molar-refractivity contribution in [2.24, 2.45) is 7.05 Å². The van der Waals surface area contributed by atoms with Crippen LogP contribution in [-0.4, -0.2) is 73.7 Å². The van der Waals surface area contributed by atoms with Gasteiger partial charge in [-0.2, -0.15) is 18.3 Å². The highest BCUT2D eigenvalue weighted by Gasteiger charge is 2.32. The van der Waals surface area contributed by atoms with Gasteiger partial charge in [0.25, 0.3) is 0 Å². The molecule has 204 valence electrons. The number of rotatable bonds is 6. The second kappa shape index (κ2) is 10.3. The number of halogens is 3. The second-order valence-corrected chi connectivity index (χ2v) is 9.92. The lowest BCUT2D eigenvalue weighted by Crippen LogP contribution is -2.44. The number of ketones is 1. The summed E-state index contributed by atoms with van der Waals surface area (Å²) < 4.78 is 44.5. The van der Waals surface area contributed by atoms with E-state index in [2.05, 4.69) is 25.3 Å². The largest absolute Gasteiger partial charge is 0.416 e. The number of aryl methyl sites for hydroxylation is 2. The van der Waals surface area contributed by atoms with E-state index in [1.807, 2.05) is 32.8 Å². The number of aromatic nitrogens is 6. The fourth-order valence-electron chi connectivity index (χ4n) is 4.62. The molecule has 0 spiro atoms. The van der Waals surface area contributed by atoms with Crippen LogP contribution in [0.5, 0.6) is 0 Å². The number of pyridine rings is 1. The fourth-order valence-corrected chi connectivity index (χ4v) is 4.62. The molecule has 1 saturated heterocycles. The van der Waals surface area contributed by atoms with Gasteiger partial charge in [-0.15, -0.1) is 5.10 Å². The number of piperazine rings is 1. The van der Waals surface area contributed by atoms with Crippen molar-refractivity contribution in [2.75, 3.05) is 38.1 Å². The van der Waals surface area contributed by atoms with Gasteiger partial charge in [0.2, 0.25) is 0 Å². The van der Waals surface area contributed by atoms with Gasteiger partial charge in [-0.05, 0) is 50.7 Å². The Morgan fingerprint density at radius 3 is 2.41 bits per heavy atom. The Bertz CT molecular complexity index is 1520. The quantitative estimate of drug-likeness (QED) is 0.345. The first-order valence-corrected chi connectivity index (χ1v) is 12.6. The minimum Gasteiger partial charge on any atom is -0.369 e. The van der Waals surface area contributed by atoms with Crippen molar-refractivity contribution < 1.29 is 18.0 Å². The monoisotopic (exact) mass is 538 g/mol. The van der Waals surface area contributed by atoms with E-state index in [-0.39, 0.29) is 12.0 Å². The van der Waals surface area contributed by atoms with Crippen molar-refractivity contribution in [3.63, 3.8) is 0 Å². The minimum absolute atomic E-state index is 0.0240. The number of carbonyl (C=O) groups is 1. The van der Waals surface area contributed by atoms with Gasteiger partial charge in [-0.25, -0.2) is 4.68 Å². The Morgan fingerprint density at radius 1 is 1.00 bits per heavy atom. The Balaban J connectivity index is 1.42. The first-order valence-electron chi connectivity index (χ1n) is 12.6. The zero-order chi connectivity index (χ0) is 27.9. The number of nitrogens with zero attached hydrogens (tertiary/aromatic N) is 8. The van der Waals surface area contributed by atoms with Crippen molar-refractivity contribution >= 4 is 11.5 Å². The predicted octanol–water partition coefficient (Wildman–Crippen LogP) is 3.88. The normalized spacial score (nSPS) is 14.7. The highest BCUT2D eigenvalue weighted by atomic mass is 19.4. The second-order valence-electron chi connectivity index (χ2n) is 9.92. The zero-order valence-corrected chi connectivity index (χ0v) is 22.2. The summed E-state index contributed by atoms with van der Waals surface area (Å²) in [4.78, 5) is 21.7. The summed E-state index contributed by atoms with van der Waals surface area (Å²) in [6.07, 6.45) is 0.375. The predicted molar refractivity (Wildman–Crippen MR) is 140 cm³/mol. The van der Waals surface area contributed by atoms with Crippen molar-refractivity contribution in [3.8, 4) is 16.9 Å². The lowest BCUT2D eigenvalue weighted by molar-refractivity contribution is -0.137. The molecule has 12 heteroatoms. The number of likely N-dealkylation sites (N-methyl/N-ethyl adjacent to an activating group) is 1. The third-order valence-electron chi connectivity index (χ3n) is 7.17. The van der Waals surface area contributed by atoms with Crippen molar-refractivity contribution in [3.05, 3.63) is 70.9 Å². The molecule has 5 rings (SSSR count). The molecule has 1 aliphatic rings. The third-order valence-corrected chi connectivity index (χ3v) is 7.17. The number of Topliss-reactive ketones (excluding diaryl/α,β-unsaturated/α-hetero) is 1. The smallest absolute Gasteiger partial charge is 0.369 e. The van der Waals surface area contributed by atoms with Crippen LogP contribution in [0.4, 0.5) is 18.9 Å². The molecule has 9 nitrogen and oxygen atoms in total. The van der Waals surface area contributed by atoms with Gasteiger partial charge in [0.1, 0.15) is 5.69 Å². The van der Waals surface area contributed by atoms with E-state index in [0.29, 0.717) is 41.4 Å². The first kappa shape index (κ1) is 26.5. The van der Waals surface area contributed by atoms with E-state index in [0.717, 1.165) is 36.5 Å². The molecule has 0 aliphatic carbocycles. The summed E-state index contributed by atoms with van der Waals surface area (Å²) >= 11 is 0. The molecule has 0 N–H and O–H groups in total. The number of hydrogen-bond acceptors (Lipinski definition) is 7. The molecular formula is C27H29F3N8O. The van der Waals surface area contributed by atoms with Gasteiger partial charge in [-0.1, -0.05) is 5.21 Å². The van der Waals surface area contributed by atoms with E-state index in [9.17, 15) is 18.0 Å². The van der Waals surface area contributed by atoms with E-state index >= 15 is 0 Å². The topological polar surface area (TPSA) is 85.0 Å². The van der Waals surface area contributed by atoms with Crippen LogP contribution in [0.25, 0.3) is 16.9 Å². The highest BCUT2D eigenvalue weighted by molar-refractivity contribution is 5.98. The van der Waals surface area contributed by atoms with E-state index in [1.54, 1.807) is 40.1 Å². The van der Waals surface area contributed by atoms with Gasteiger partial charge in [0, 0.05) is 68.4 Å². The average molecular weight is 539 g/mol. The Labute approximate surface area is 223 Å². The SMILES string of the molecule is Cc1ncc(CC(=O)c2cc(N3CCN(C)CC3)cc(C(F)(F)F)c2)cc1-n1cc(-c2cnn(C)c2C)nn1. The molecule has 4 aromatic rings. The van der Waals surface area contributed by atoms with Crippen LogP contribution >= 0.6 is 0 Å². The molecule has 0 unspecified atom stereocenters. The molecule has 0 saturated carbocycles. The average Bonchev–Trinajstić information content (AvgIpc) is 3.51. The van der Waals surface area contributed by atoms with Gasteiger partial charge in [-0.3, -0.25) is 14.5 Å². The number of benzene rings is 1. The maximum absolute atomic E-state index is 13.7. The molecule has 0 bridgehead atoms. The summed E-state index contributed by atoms with van der Waals surface area (Å²) in [5.41, 5.74) is 3.89. The van der Waals surface area contributed by atoms with Crippen LogP contribution < -0.4 is 4.90 Å². The molecule has 0 radical (unpaired) electrons. The van der Waals surface area contributed by atoms with Crippen LogP contribution in [0.1, 0.15) is 32.9 Å². The van der Waals surface area contributed by atoms with E-state index in [1.165, 1.54) is 0 Å². The summed E-state index contributed by atoms with van der Waals surface area (Å²) in [5, 5.41) is 12.7. The summed E-state index contributed by atoms with van der Waals surface area (Å²) in [6, 6.07) is 5.39. The van der Waals surface area contributed by atoms with Gasteiger partial charge >= 0.3 is 6.18 Å². The van der Waals surface area contributed by atoms with Crippen molar-refractivity contribution in [1.82, 2.24) is 34.7 Å². The molecule has 1 fully saturated rings. The Kier molecular flexibility index (Phi) is 6.98. The van der Waals surface area contributed by atoms with Gasteiger partial charge < -0.3 is 9.80 Å². The highest BCUT2D eigenvalue weighted by Crippen LogP contribution is 2.34. The lowest BCUT2D eigenvalue weighted by atomic mass is 10.00. The standard InChI is InChI=1S/C27H29F3N8O/c1-17-25(38-16-24(33-34-38)23-15-32-36(4)18(23)2)9-19(14-31-17)10-26(39)20-11-21(27(28,29)30)13-22(12-20)37-7-5-35(3)6-8-37/h9,11-16H,5-8,10H2,1-4H3. The van der Waals surface area contributed by atoms with E-state index in [4.69, 9.17) is 0 Å². The Morgan fingerprint density at radius 2 is 1.74 bits per heavy atom. The molecular weight excluding hydrogens is 509 g/mol. The van der Waals surface area contributed by atoms with Crippen LogP contribution in [0.3, 0.4) is 0 Å². The van der Waals surface area contributed by atoms with Crippen molar-refractivity contribution in [2.45, 2.75) is 26.4 Å². The van der Waals surface area contributed by atoms with Gasteiger partial charge in [0.05, 0.1) is 29.3 Å². The fraction of sp³-hybridized carbons (Fsp3) is 0.370. The van der Waals surface area contributed by atoms with Crippen LogP contribution in [0.15, 0.2) is 42.9 Å². The molecule has 1 aromatic carbocycles. The van der Waals surface area contributed by atoms with Crippen LogP contribution in [0.2, 0.25) is 0 Å². The lowest BCUT2D eigenvalue weighted by Gasteiger charge is -2.34. The number of anilines is 1. The summed E-state index contributed by atoms with van der Waals surface area (Å²) in [7, 11) is 3.82. The van der Waals surface area contributed by atoms with Crippen LogP contribution in [-0.2, 0) is 19.6 Å². The third kappa shape index (κ3) is 5.56. The molecule has 39 heavy (non-hydrogen) atoms. The molecule has 4 heterocycles. The number of hydrogen-bond donors (Lipinski definition) is 0. The maximum atomic E-state index is 13.7. The molecule has 0 atom stereocenters. The summed E-state index contributed by atoms with van der Waals surface area (Å²) in [5.74, 6) is -0.418. The Hall–Kier alpha value is -4.06. The molecule has 3 aromatic heterocycles. The van der Waals surface area contributed by atoms with Gasteiger partial charge in [0.15, 0.2) is 5.78 Å². The number of carbonyl (C=O) groups excluding carboxylic acids is 1. The van der Waals surface area contributed by atoms with E-state index < -0.39 is 17.5 Å². The zero-order valence-electron chi connectivity index (χ0n) is 22.2. The van der Waals surface area contributed by atoms with Crippen LogP contribution in [0, 0.1) is 13.8 Å². The molecule has 1 aliphatic heterocycles. The molecule has 0 amide bonds. The first-order chi connectivity index (χ1) is 18.5. The summed E-state index contributed by atoms with van der Waals surface area (Å²) in [6.45, 7) is 6.41.